The van der Waals surface area contributed by atoms with E-state index in [9.17, 15) is 14.4 Å². The second kappa shape index (κ2) is 55.7. The molecule has 0 heterocycles. The van der Waals surface area contributed by atoms with E-state index in [0.29, 0.717) is 19.3 Å². The fraction of sp³-hybridized carbons (Fsp3) is 0.661. The van der Waals surface area contributed by atoms with Gasteiger partial charge in [-0.2, -0.15) is 0 Å². The molecule has 1 atom stereocenters. The Hall–Kier alpha value is -3.93. The van der Waals surface area contributed by atoms with Gasteiger partial charge >= 0.3 is 17.9 Å². The van der Waals surface area contributed by atoms with Gasteiger partial charge in [-0.3, -0.25) is 14.4 Å². The monoisotopic (exact) mass is 943 g/mol. The fourth-order valence-electron chi connectivity index (χ4n) is 7.35. The Morgan fingerprint density at radius 1 is 0.309 bits per heavy atom. The molecule has 0 aromatic rings. The third-order valence-electron chi connectivity index (χ3n) is 11.5. The Morgan fingerprint density at radius 3 is 0.897 bits per heavy atom. The van der Waals surface area contributed by atoms with Crippen molar-refractivity contribution >= 4 is 17.9 Å². The van der Waals surface area contributed by atoms with Crippen molar-refractivity contribution < 1.29 is 28.6 Å². The highest BCUT2D eigenvalue weighted by atomic mass is 16.6. The number of rotatable bonds is 49. The van der Waals surface area contributed by atoms with Gasteiger partial charge in [0.2, 0.25) is 0 Å². The molecule has 6 nitrogen and oxygen atoms in total. The quantitative estimate of drug-likeness (QED) is 0.0262. The predicted octanol–water partition coefficient (Wildman–Crippen LogP) is 18.7. The van der Waals surface area contributed by atoms with Crippen molar-refractivity contribution in [2.45, 2.75) is 252 Å². The second-order valence-electron chi connectivity index (χ2n) is 18.1. The summed E-state index contributed by atoms with van der Waals surface area (Å²) in [7, 11) is 0. The van der Waals surface area contributed by atoms with Crippen molar-refractivity contribution in [3.8, 4) is 0 Å². The summed E-state index contributed by atoms with van der Waals surface area (Å²) in [6.07, 6.45) is 75.0. The van der Waals surface area contributed by atoms with Gasteiger partial charge in [0.1, 0.15) is 13.2 Å². The van der Waals surface area contributed by atoms with Crippen LogP contribution in [0.2, 0.25) is 0 Å². The summed E-state index contributed by atoms with van der Waals surface area (Å²) >= 11 is 0. The van der Waals surface area contributed by atoms with E-state index < -0.39 is 6.10 Å². The average molecular weight is 943 g/mol. The van der Waals surface area contributed by atoms with Crippen LogP contribution in [0.1, 0.15) is 245 Å². The lowest BCUT2D eigenvalue weighted by Crippen LogP contribution is -2.30. The van der Waals surface area contributed by atoms with Crippen LogP contribution in [0.4, 0.5) is 0 Å². The minimum absolute atomic E-state index is 0.0958. The molecule has 0 N–H and O–H groups in total. The number of esters is 3. The molecule has 0 spiro atoms. The van der Waals surface area contributed by atoms with E-state index in [1.54, 1.807) is 0 Å². The number of ether oxygens (including phenoxy) is 3. The summed E-state index contributed by atoms with van der Waals surface area (Å²) in [5, 5.41) is 0. The standard InChI is InChI=1S/C62H102O6/c1-4-7-10-13-16-19-22-25-28-30-31-33-34-37-40-43-46-49-52-55-61(64)67-58-59(57-66-60(63)54-51-48-45-42-39-36-27-24-21-18-15-12-9-6-3)68-62(65)56-53-50-47-44-41-38-35-32-29-26-23-20-17-14-11-8-5-2/h7-8,10-11,15-20,24-29,31,33,59H,4-6,9,12-14,21-23,30,32,34-58H2,1-3H3/b10-7-,11-8-,18-15-,19-16-,20-17-,27-24-,28-25-,29-26-,33-31-. The number of allylic oxidation sites excluding steroid dienone is 18. The molecular weight excluding hydrogens is 841 g/mol. The van der Waals surface area contributed by atoms with Crippen LogP contribution < -0.4 is 0 Å². The molecule has 68 heavy (non-hydrogen) atoms. The van der Waals surface area contributed by atoms with Crippen LogP contribution in [-0.2, 0) is 28.6 Å². The van der Waals surface area contributed by atoms with E-state index in [1.165, 1.54) is 57.8 Å². The third kappa shape index (κ3) is 53.0. The Balaban J connectivity index is 4.45. The van der Waals surface area contributed by atoms with Crippen molar-refractivity contribution in [3.05, 3.63) is 109 Å². The van der Waals surface area contributed by atoms with Gasteiger partial charge in [0.25, 0.3) is 0 Å². The zero-order chi connectivity index (χ0) is 49.3. The van der Waals surface area contributed by atoms with Gasteiger partial charge in [0.05, 0.1) is 0 Å². The summed E-state index contributed by atoms with van der Waals surface area (Å²) in [6, 6.07) is 0. The molecule has 6 heteroatoms. The third-order valence-corrected chi connectivity index (χ3v) is 11.5. The molecule has 0 saturated heterocycles. The smallest absolute Gasteiger partial charge is 0.306 e. The van der Waals surface area contributed by atoms with Crippen LogP contribution in [-0.4, -0.2) is 37.2 Å². The first-order valence-corrected chi connectivity index (χ1v) is 27.9. The molecule has 0 aliphatic rings. The topological polar surface area (TPSA) is 78.9 Å². The Labute approximate surface area is 419 Å². The van der Waals surface area contributed by atoms with Crippen molar-refractivity contribution in [1.82, 2.24) is 0 Å². The molecule has 0 rings (SSSR count). The van der Waals surface area contributed by atoms with Crippen molar-refractivity contribution in [3.63, 3.8) is 0 Å². The van der Waals surface area contributed by atoms with E-state index in [4.69, 9.17) is 14.2 Å². The first kappa shape index (κ1) is 64.1. The zero-order valence-electron chi connectivity index (χ0n) is 44.1. The summed E-state index contributed by atoms with van der Waals surface area (Å²) < 4.78 is 16.8. The van der Waals surface area contributed by atoms with Crippen molar-refractivity contribution in [2.24, 2.45) is 0 Å². The van der Waals surface area contributed by atoms with Crippen LogP contribution in [0, 0.1) is 0 Å². The number of unbranched alkanes of at least 4 members (excludes halogenated alkanes) is 20. The minimum Gasteiger partial charge on any atom is -0.462 e. The summed E-state index contributed by atoms with van der Waals surface area (Å²) in [6.45, 7) is 6.34. The van der Waals surface area contributed by atoms with Gasteiger partial charge < -0.3 is 14.2 Å². The van der Waals surface area contributed by atoms with E-state index in [1.807, 2.05) is 0 Å². The van der Waals surface area contributed by atoms with Gasteiger partial charge in [-0.25, -0.2) is 0 Å². The molecule has 0 fully saturated rings. The summed E-state index contributed by atoms with van der Waals surface area (Å²) in [5.74, 6) is -0.933. The maximum atomic E-state index is 12.8. The fourth-order valence-corrected chi connectivity index (χ4v) is 7.35. The maximum absolute atomic E-state index is 12.8. The van der Waals surface area contributed by atoms with E-state index in [2.05, 4.69) is 130 Å². The van der Waals surface area contributed by atoms with Crippen LogP contribution >= 0.6 is 0 Å². The number of hydrogen-bond donors (Lipinski definition) is 0. The first-order chi connectivity index (χ1) is 33.5. The molecule has 386 valence electrons. The minimum atomic E-state index is -0.798. The average Bonchev–Trinajstić information content (AvgIpc) is 3.34. The number of carbonyl (C=O) groups excluding carboxylic acids is 3. The highest BCUT2D eigenvalue weighted by molar-refractivity contribution is 5.71. The van der Waals surface area contributed by atoms with Crippen LogP contribution in [0.3, 0.4) is 0 Å². The molecule has 0 aliphatic heterocycles. The van der Waals surface area contributed by atoms with E-state index in [0.717, 1.165) is 148 Å². The Morgan fingerprint density at radius 2 is 0.574 bits per heavy atom. The molecule has 0 radical (unpaired) electrons. The van der Waals surface area contributed by atoms with Gasteiger partial charge in [0.15, 0.2) is 6.10 Å². The van der Waals surface area contributed by atoms with Crippen LogP contribution in [0.25, 0.3) is 0 Å². The first-order valence-electron chi connectivity index (χ1n) is 27.9. The molecule has 0 aliphatic carbocycles. The molecule has 0 aromatic carbocycles. The highest BCUT2D eigenvalue weighted by Crippen LogP contribution is 2.14. The van der Waals surface area contributed by atoms with Crippen LogP contribution in [0.5, 0.6) is 0 Å². The Bertz CT molecular complexity index is 1410. The molecule has 1 unspecified atom stereocenters. The lowest BCUT2D eigenvalue weighted by atomic mass is 10.1. The lowest BCUT2D eigenvalue weighted by molar-refractivity contribution is -0.167. The molecule has 0 aromatic heterocycles. The molecule has 0 saturated carbocycles. The zero-order valence-corrected chi connectivity index (χ0v) is 44.1. The summed E-state index contributed by atoms with van der Waals surface area (Å²) in [4.78, 5) is 38.1. The maximum Gasteiger partial charge on any atom is 0.306 e. The largest absolute Gasteiger partial charge is 0.462 e. The SMILES string of the molecule is CC/C=C\C/C=C\C/C=C\C/C=C\CCCCCCCCC(=O)OCC(COC(=O)CCCCCCC/C=C\C/C=C\CCCC)OC(=O)CCCCCCCCC/C=C\C/C=C\C/C=C\CC. The molecule has 0 amide bonds. The number of hydrogen-bond acceptors (Lipinski definition) is 6. The van der Waals surface area contributed by atoms with Crippen LogP contribution in [0.15, 0.2) is 109 Å². The van der Waals surface area contributed by atoms with Gasteiger partial charge in [0, 0.05) is 19.3 Å². The van der Waals surface area contributed by atoms with Gasteiger partial charge in [-0.15, -0.1) is 0 Å². The predicted molar refractivity (Wildman–Crippen MR) is 293 cm³/mol. The van der Waals surface area contributed by atoms with E-state index in [-0.39, 0.29) is 31.1 Å². The highest BCUT2D eigenvalue weighted by Gasteiger charge is 2.19. The normalized spacial score (nSPS) is 12.9. The van der Waals surface area contributed by atoms with Gasteiger partial charge in [-0.05, 0) is 116 Å². The second-order valence-corrected chi connectivity index (χ2v) is 18.1. The summed E-state index contributed by atoms with van der Waals surface area (Å²) in [5.41, 5.74) is 0. The van der Waals surface area contributed by atoms with Crippen molar-refractivity contribution in [2.75, 3.05) is 13.2 Å². The lowest BCUT2D eigenvalue weighted by Gasteiger charge is -2.18. The molecule has 0 bridgehead atoms. The molecular formula is C62H102O6. The van der Waals surface area contributed by atoms with Crippen molar-refractivity contribution in [1.29, 1.82) is 0 Å². The number of carbonyl (C=O) groups is 3. The van der Waals surface area contributed by atoms with Gasteiger partial charge in [-0.1, -0.05) is 220 Å². The Kier molecular flexibility index (Phi) is 52.4. The van der Waals surface area contributed by atoms with E-state index >= 15 is 0 Å².